The van der Waals surface area contributed by atoms with Crippen molar-refractivity contribution >= 4 is 37.3 Å². The van der Waals surface area contributed by atoms with Crippen molar-refractivity contribution in [2.45, 2.75) is 4.90 Å². The standard InChI is InChI=1S/C12H8BrF3N2O2S/c13-6-4-8(15)11(5-9(6)17)21(19,20)18-10-3-1-2-7(14)12(10)16/h1-5,18H,17H2. The van der Waals surface area contributed by atoms with Crippen LogP contribution in [0.3, 0.4) is 0 Å². The Morgan fingerprint density at radius 2 is 1.76 bits per heavy atom. The first kappa shape index (κ1) is 15.6. The maximum Gasteiger partial charge on any atom is 0.264 e. The number of nitrogens with two attached hydrogens (primary N) is 1. The summed E-state index contributed by atoms with van der Waals surface area (Å²) in [7, 11) is -4.46. The molecule has 21 heavy (non-hydrogen) atoms. The second kappa shape index (κ2) is 5.57. The molecular formula is C12H8BrF3N2O2S. The van der Waals surface area contributed by atoms with Gasteiger partial charge in [0.2, 0.25) is 0 Å². The summed E-state index contributed by atoms with van der Waals surface area (Å²) in [6.45, 7) is 0. The number of rotatable bonds is 3. The van der Waals surface area contributed by atoms with Crippen molar-refractivity contribution in [1.29, 1.82) is 0 Å². The van der Waals surface area contributed by atoms with Gasteiger partial charge in [0.05, 0.1) is 5.69 Å². The molecule has 0 bridgehead atoms. The number of hydrogen-bond donors (Lipinski definition) is 2. The number of sulfonamides is 1. The van der Waals surface area contributed by atoms with Crippen molar-refractivity contribution in [3.8, 4) is 0 Å². The Balaban J connectivity index is 2.48. The molecular weight excluding hydrogens is 373 g/mol. The number of nitrogen functional groups attached to an aromatic ring is 1. The Labute approximate surface area is 127 Å². The van der Waals surface area contributed by atoms with E-state index in [-0.39, 0.29) is 10.2 Å². The first-order chi connectivity index (χ1) is 9.72. The fraction of sp³-hybridized carbons (Fsp3) is 0. The third-order valence-corrected chi connectivity index (χ3v) is 4.60. The smallest absolute Gasteiger partial charge is 0.264 e. The lowest BCUT2D eigenvalue weighted by molar-refractivity contribution is 0.511. The van der Waals surface area contributed by atoms with Crippen LogP contribution in [0, 0.1) is 17.5 Å². The van der Waals surface area contributed by atoms with Gasteiger partial charge in [-0.15, -0.1) is 0 Å². The van der Waals surface area contributed by atoms with Crippen LogP contribution in [-0.2, 0) is 10.0 Å². The lowest BCUT2D eigenvalue weighted by Gasteiger charge is -2.11. The fourth-order valence-corrected chi connectivity index (χ4v) is 3.00. The molecule has 112 valence electrons. The second-order valence-electron chi connectivity index (χ2n) is 4.01. The Kier molecular flexibility index (Phi) is 4.15. The molecule has 9 heteroatoms. The molecule has 3 N–H and O–H groups in total. The van der Waals surface area contributed by atoms with Gasteiger partial charge in [0, 0.05) is 10.2 Å². The van der Waals surface area contributed by atoms with Gasteiger partial charge in [-0.25, -0.2) is 21.6 Å². The van der Waals surface area contributed by atoms with E-state index in [1.54, 1.807) is 4.72 Å². The predicted molar refractivity (Wildman–Crippen MR) is 75.7 cm³/mol. The molecule has 2 aromatic rings. The van der Waals surface area contributed by atoms with Crippen molar-refractivity contribution in [1.82, 2.24) is 0 Å². The van der Waals surface area contributed by atoms with Gasteiger partial charge in [-0.1, -0.05) is 6.07 Å². The monoisotopic (exact) mass is 380 g/mol. The van der Waals surface area contributed by atoms with E-state index in [0.717, 1.165) is 30.3 Å². The highest BCUT2D eigenvalue weighted by molar-refractivity contribution is 9.10. The number of nitrogens with one attached hydrogen (secondary N) is 1. The molecule has 0 saturated heterocycles. The zero-order chi connectivity index (χ0) is 15.8. The Hall–Kier alpha value is -1.74. The minimum absolute atomic E-state index is 0.0171. The molecule has 0 saturated carbocycles. The van der Waals surface area contributed by atoms with Crippen molar-refractivity contribution in [3.63, 3.8) is 0 Å². The molecule has 0 unspecified atom stereocenters. The van der Waals surface area contributed by atoms with Crippen LogP contribution in [0.2, 0.25) is 0 Å². The van der Waals surface area contributed by atoms with Crippen molar-refractivity contribution < 1.29 is 21.6 Å². The minimum atomic E-state index is -4.46. The molecule has 0 aromatic heterocycles. The van der Waals surface area contributed by atoms with E-state index in [9.17, 15) is 21.6 Å². The first-order valence-corrected chi connectivity index (χ1v) is 7.71. The van der Waals surface area contributed by atoms with Gasteiger partial charge in [0.25, 0.3) is 10.0 Å². The molecule has 0 amide bonds. The van der Waals surface area contributed by atoms with Crippen molar-refractivity contribution in [2.75, 3.05) is 10.5 Å². The number of hydrogen-bond acceptors (Lipinski definition) is 3. The van der Waals surface area contributed by atoms with Gasteiger partial charge < -0.3 is 5.73 Å². The Bertz CT molecular complexity index is 812. The van der Waals surface area contributed by atoms with Crippen LogP contribution >= 0.6 is 15.9 Å². The van der Waals surface area contributed by atoms with Crippen LogP contribution in [-0.4, -0.2) is 8.42 Å². The molecule has 0 aliphatic heterocycles. The second-order valence-corrected chi connectivity index (χ2v) is 6.52. The lowest BCUT2D eigenvalue weighted by atomic mass is 10.3. The average molecular weight is 381 g/mol. The van der Waals surface area contributed by atoms with Gasteiger partial charge >= 0.3 is 0 Å². The van der Waals surface area contributed by atoms with Crippen LogP contribution in [0.15, 0.2) is 39.7 Å². The van der Waals surface area contributed by atoms with Crippen LogP contribution in [0.5, 0.6) is 0 Å². The normalized spacial score (nSPS) is 11.4. The van der Waals surface area contributed by atoms with Crippen molar-refractivity contribution in [2.24, 2.45) is 0 Å². The lowest BCUT2D eigenvalue weighted by Crippen LogP contribution is -2.16. The summed E-state index contributed by atoms with van der Waals surface area (Å²) in [6, 6.07) is 4.69. The van der Waals surface area contributed by atoms with Gasteiger partial charge in [-0.3, -0.25) is 4.72 Å². The number of anilines is 2. The fourth-order valence-electron chi connectivity index (χ4n) is 1.53. The molecule has 4 nitrogen and oxygen atoms in total. The maximum atomic E-state index is 13.7. The van der Waals surface area contributed by atoms with E-state index < -0.39 is 38.1 Å². The Morgan fingerprint density at radius 3 is 2.43 bits per heavy atom. The third kappa shape index (κ3) is 3.13. The zero-order valence-corrected chi connectivity index (χ0v) is 12.6. The van der Waals surface area contributed by atoms with Crippen LogP contribution in [0.4, 0.5) is 24.5 Å². The summed E-state index contributed by atoms with van der Waals surface area (Å²) in [4.78, 5) is -0.771. The van der Waals surface area contributed by atoms with Crippen LogP contribution in [0.25, 0.3) is 0 Å². The molecule has 2 aromatic carbocycles. The summed E-state index contributed by atoms with van der Waals surface area (Å²) in [5.74, 6) is -3.70. The maximum absolute atomic E-state index is 13.7. The van der Waals surface area contributed by atoms with E-state index in [4.69, 9.17) is 5.73 Å². The summed E-state index contributed by atoms with van der Waals surface area (Å²) in [5, 5.41) is 0. The molecule has 0 fully saturated rings. The van der Waals surface area contributed by atoms with Gasteiger partial charge in [0.1, 0.15) is 10.7 Å². The van der Waals surface area contributed by atoms with Gasteiger partial charge in [-0.2, -0.15) is 0 Å². The summed E-state index contributed by atoms with van der Waals surface area (Å²) < 4.78 is 66.3. The van der Waals surface area contributed by atoms with E-state index in [1.165, 1.54) is 0 Å². The van der Waals surface area contributed by atoms with Crippen LogP contribution < -0.4 is 10.5 Å². The largest absolute Gasteiger partial charge is 0.398 e. The van der Waals surface area contributed by atoms with E-state index in [1.807, 2.05) is 0 Å². The average Bonchev–Trinajstić information content (AvgIpc) is 2.39. The topological polar surface area (TPSA) is 72.2 Å². The Morgan fingerprint density at radius 1 is 1.10 bits per heavy atom. The van der Waals surface area contributed by atoms with Gasteiger partial charge in [-0.05, 0) is 40.2 Å². The minimum Gasteiger partial charge on any atom is -0.398 e. The number of halogens is 4. The summed E-state index contributed by atoms with van der Waals surface area (Å²) in [5.41, 5.74) is 4.85. The molecule has 2 rings (SSSR count). The van der Waals surface area contributed by atoms with E-state index in [2.05, 4.69) is 15.9 Å². The highest BCUT2D eigenvalue weighted by atomic mass is 79.9. The highest BCUT2D eigenvalue weighted by Crippen LogP contribution is 2.28. The van der Waals surface area contributed by atoms with Crippen molar-refractivity contribution in [3.05, 3.63) is 52.3 Å². The summed E-state index contributed by atoms with van der Waals surface area (Å²) in [6.07, 6.45) is 0. The molecule has 0 atom stereocenters. The van der Waals surface area contributed by atoms with E-state index >= 15 is 0 Å². The predicted octanol–water partition coefficient (Wildman–Crippen LogP) is 3.25. The SMILES string of the molecule is Nc1cc(S(=O)(=O)Nc2cccc(F)c2F)c(F)cc1Br. The molecule has 0 spiro atoms. The molecule has 0 aliphatic rings. The van der Waals surface area contributed by atoms with Gasteiger partial charge in [0.15, 0.2) is 11.6 Å². The number of benzene rings is 2. The quantitative estimate of drug-likeness (QED) is 0.802. The first-order valence-electron chi connectivity index (χ1n) is 5.43. The molecule has 0 heterocycles. The summed E-state index contributed by atoms with van der Waals surface area (Å²) >= 11 is 2.95. The third-order valence-electron chi connectivity index (χ3n) is 2.54. The highest BCUT2D eigenvalue weighted by Gasteiger charge is 2.22. The molecule has 0 aliphatic carbocycles. The molecule has 0 radical (unpaired) electrons. The van der Waals surface area contributed by atoms with Crippen LogP contribution in [0.1, 0.15) is 0 Å². The zero-order valence-electron chi connectivity index (χ0n) is 10.2. The van der Waals surface area contributed by atoms with E-state index in [0.29, 0.717) is 0 Å².